The molecular weight excluding hydrogens is 240 g/mol. The predicted molar refractivity (Wildman–Crippen MR) is 76.1 cm³/mol. The van der Waals surface area contributed by atoms with Crippen molar-refractivity contribution in [1.82, 2.24) is 15.0 Å². The molecule has 6 heteroatoms. The summed E-state index contributed by atoms with van der Waals surface area (Å²) in [4.78, 5) is 15.1. The van der Waals surface area contributed by atoms with E-state index >= 15 is 0 Å². The summed E-state index contributed by atoms with van der Waals surface area (Å²) in [5.74, 6) is 2.45. The van der Waals surface area contributed by atoms with Gasteiger partial charge in [-0.1, -0.05) is 13.3 Å². The molecule has 0 radical (unpaired) electrons. The smallest absolute Gasteiger partial charge is 0.231 e. The SMILES string of the molecule is CCCC1CC1Nc1nc(N)nc(N2CCCC2)n1. The summed E-state index contributed by atoms with van der Waals surface area (Å²) in [7, 11) is 0. The van der Waals surface area contributed by atoms with Crippen molar-refractivity contribution in [2.75, 3.05) is 29.0 Å². The number of hydrogen-bond acceptors (Lipinski definition) is 6. The summed E-state index contributed by atoms with van der Waals surface area (Å²) in [5, 5.41) is 3.39. The van der Waals surface area contributed by atoms with Gasteiger partial charge in [0, 0.05) is 19.1 Å². The van der Waals surface area contributed by atoms with Gasteiger partial charge in [-0.05, 0) is 31.6 Å². The maximum absolute atomic E-state index is 5.79. The summed E-state index contributed by atoms with van der Waals surface area (Å²) in [6.07, 6.45) is 6.14. The largest absolute Gasteiger partial charge is 0.368 e. The molecule has 2 fully saturated rings. The van der Waals surface area contributed by atoms with Crippen LogP contribution < -0.4 is 16.0 Å². The minimum Gasteiger partial charge on any atom is -0.368 e. The summed E-state index contributed by atoms with van der Waals surface area (Å²) >= 11 is 0. The predicted octanol–water partition coefficient (Wildman–Crippen LogP) is 1.65. The number of nitrogens with one attached hydrogen (secondary N) is 1. The van der Waals surface area contributed by atoms with Crippen LogP contribution in [0.15, 0.2) is 0 Å². The van der Waals surface area contributed by atoms with E-state index < -0.39 is 0 Å². The molecule has 3 N–H and O–H groups in total. The van der Waals surface area contributed by atoms with Gasteiger partial charge in [0.1, 0.15) is 0 Å². The lowest BCUT2D eigenvalue weighted by Crippen LogP contribution is -2.22. The quantitative estimate of drug-likeness (QED) is 0.840. The van der Waals surface area contributed by atoms with Crippen LogP contribution >= 0.6 is 0 Å². The van der Waals surface area contributed by atoms with Gasteiger partial charge in [0.05, 0.1) is 0 Å². The van der Waals surface area contributed by atoms with Crippen molar-refractivity contribution in [2.24, 2.45) is 5.92 Å². The van der Waals surface area contributed by atoms with E-state index in [9.17, 15) is 0 Å². The number of nitrogens with zero attached hydrogens (tertiary/aromatic N) is 4. The minimum atomic E-state index is 0.312. The third-order valence-corrected chi connectivity index (χ3v) is 3.93. The molecule has 2 heterocycles. The summed E-state index contributed by atoms with van der Waals surface area (Å²) in [5.41, 5.74) is 5.79. The summed E-state index contributed by atoms with van der Waals surface area (Å²) in [6, 6.07) is 0.521. The van der Waals surface area contributed by atoms with E-state index in [4.69, 9.17) is 5.73 Å². The molecule has 1 aliphatic heterocycles. The fraction of sp³-hybridized carbons (Fsp3) is 0.769. The molecule has 1 saturated carbocycles. The van der Waals surface area contributed by atoms with Crippen molar-refractivity contribution in [3.63, 3.8) is 0 Å². The molecule has 3 rings (SSSR count). The van der Waals surface area contributed by atoms with Gasteiger partial charge in [0.25, 0.3) is 0 Å². The Kier molecular flexibility index (Phi) is 3.40. The molecular formula is C13H22N6. The number of aromatic nitrogens is 3. The fourth-order valence-electron chi connectivity index (χ4n) is 2.78. The van der Waals surface area contributed by atoms with E-state index in [-0.39, 0.29) is 0 Å². The van der Waals surface area contributed by atoms with E-state index in [1.807, 2.05) is 0 Å². The van der Waals surface area contributed by atoms with Gasteiger partial charge in [-0.2, -0.15) is 15.0 Å². The molecule has 0 aromatic carbocycles. The van der Waals surface area contributed by atoms with Crippen molar-refractivity contribution in [3.05, 3.63) is 0 Å². The first-order valence-electron chi connectivity index (χ1n) is 7.29. The zero-order chi connectivity index (χ0) is 13.2. The lowest BCUT2D eigenvalue weighted by Gasteiger charge is -2.16. The number of anilines is 3. The van der Waals surface area contributed by atoms with Crippen molar-refractivity contribution < 1.29 is 0 Å². The van der Waals surface area contributed by atoms with E-state index in [0.717, 1.165) is 25.0 Å². The highest BCUT2D eigenvalue weighted by atomic mass is 15.3. The van der Waals surface area contributed by atoms with Crippen molar-refractivity contribution in [1.29, 1.82) is 0 Å². The standard InChI is InChI=1S/C13H22N6/c1-2-5-9-8-10(9)15-12-16-11(14)17-13(18-12)19-6-3-4-7-19/h9-10H,2-8H2,1H3,(H3,14,15,16,17,18). The number of rotatable bonds is 5. The maximum Gasteiger partial charge on any atom is 0.231 e. The zero-order valence-corrected chi connectivity index (χ0v) is 11.5. The van der Waals surface area contributed by atoms with Gasteiger partial charge in [-0.25, -0.2) is 0 Å². The van der Waals surface area contributed by atoms with Crippen LogP contribution in [-0.2, 0) is 0 Å². The topological polar surface area (TPSA) is 80.0 Å². The molecule has 0 spiro atoms. The molecule has 0 amide bonds. The first-order valence-corrected chi connectivity index (χ1v) is 7.29. The summed E-state index contributed by atoms with van der Waals surface area (Å²) < 4.78 is 0. The van der Waals surface area contributed by atoms with Gasteiger partial charge in [-0.3, -0.25) is 0 Å². The van der Waals surface area contributed by atoms with E-state index in [2.05, 4.69) is 32.1 Å². The molecule has 2 aliphatic rings. The highest BCUT2D eigenvalue weighted by molar-refractivity contribution is 5.43. The van der Waals surface area contributed by atoms with Crippen molar-refractivity contribution in [2.45, 2.75) is 45.1 Å². The lowest BCUT2D eigenvalue weighted by atomic mass is 10.2. The van der Waals surface area contributed by atoms with Gasteiger partial charge in [0.15, 0.2) is 0 Å². The van der Waals surface area contributed by atoms with Crippen molar-refractivity contribution >= 4 is 17.8 Å². The Morgan fingerprint density at radius 2 is 2.05 bits per heavy atom. The normalized spacial score (nSPS) is 25.6. The zero-order valence-electron chi connectivity index (χ0n) is 11.5. The van der Waals surface area contributed by atoms with Crippen LogP contribution in [0.3, 0.4) is 0 Å². The van der Waals surface area contributed by atoms with E-state index in [0.29, 0.717) is 17.9 Å². The van der Waals surface area contributed by atoms with Gasteiger partial charge >= 0.3 is 0 Å². The molecule has 19 heavy (non-hydrogen) atoms. The summed E-state index contributed by atoms with van der Waals surface area (Å²) in [6.45, 7) is 4.26. The average molecular weight is 262 g/mol. The molecule has 1 saturated heterocycles. The second kappa shape index (κ2) is 5.19. The average Bonchev–Trinajstić information content (AvgIpc) is 2.92. The Hall–Kier alpha value is -1.59. The molecule has 1 aliphatic carbocycles. The number of nitrogen functional groups attached to an aromatic ring is 1. The van der Waals surface area contributed by atoms with Crippen LogP contribution in [0.5, 0.6) is 0 Å². The molecule has 2 unspecified atom stereocenters. The molecule has 104 valence electrons. The lowest BCUT2D eigenvalue weighted by molar-refractivity contribution is 0.691. The van der Waals surface area contributed by atoms with Crippen LogP contribution in [0.1, 0.15) is 39.0 Å². The highest BCUT2D eigenvalue weighted by Gasteiger charge is 2.36. The van der Waals surface area contributed by atoms with Crippen LogP contribution in [0.25, 0.3) is 0 Å². The Balaban J connectivity index is 1.68. The molecule has 1 aromatic heterocycles. The molecule has 0 bridgehead atoms. The van der Waals surface area contributed by atoms with Crippen LogP contribution in [0.2, 0.25) is 0 Å². The highest BCUT2D eigenvalue weighted by Crippen LogP contribution is 2.36. The second-order valence-corrected chi connectivity index (χ2v) is 5.55. The van der Waals surface area contributed by atoms with Gasteiger partial charge in [0.2, 0.25) is 17.8 Å². The Labute approximate surface area is 113 Å². The Morgan fingerprint density at radius 1 is 1.26 bits per heavy atom. The second-order valence-electron chi connectivity index (χ2n) is 5.55. The Bertz CT molecular complexity index is 443. The Morgan fingerprint density at radius 3 is 2.79 bits per heavy atom. The van der Waals surface area contributed by atoms with Crippen LogP contribution in [-0.4, -0.2) is 34.1 Å². The monoisotopic (exact) mass is 262 g/mol. The van der Waals surface area contributed by atoms with E-state index in [1.54, 1.807) is 0 Å². The fourth-order valence-corrected chi connectivity index (χ4v) is 2.78. The third kappa shape index (κ3) is 2.88. The molecule has 2 atom stereocenters. The van der Waals surface area contributed by atoms with Crippen LogP contribution in [0, 0.1) is 5.92 Å². The molecule has 6 nitrogen and oxygen atoms in total. The first kappa shape index (κ1) is 12.4. The minimum absolute atomic E-state index is 0.312. The van der Waals surface area contributed by atoms with Gasteiger partial charge in [-0.15, -0.1) is 0 Å². The molecule has 1 aromatic rings. The maximum atomic E-state index is 5.79. The third-order valence-electron chi connectivity index (χ3n) is 3.93. The number of hydrogen-bond donors (Lipinski definition) is 2. The van der Waals surface area contributed by atoms with Crippen LogP contribution in [0.4, 0.5) is 17.8 Å². The first-order chi connectivity index (χ1) is 9.26. The van der Waals surface area contributed by atoms with Gasteiger partial charge < -0.3 is 16.0 Å². The van der Waals surface area contributed by atoms with E-state index in [1.165, 1.54) is 32.1 Å². The number of nitrogens with two attached hydrogens (primary N) is 1. The van der Waals surface area contributed by atoms with Crippen molar-refractivity contribution in [3.8, 4) is 0 Å².